The third-order valence-corrected chi connectivity index (χ3v) is 4.30. The van der Waals surface area contributed by atoms with Crippen LogP contribution in [0.3, 0.4) is 0 Å². The lowest BCUT2D eigenvalue weighted by molar-refractivity contribution is 0.530. The zero-order chi connectivity index (χ0) is 14.7. The van der Waals surface area contributed by atoms with Crippen molar-refractivity contribution in [2.75, 3.05) is 0 Å². The summed E-state index contributed by atoms with van der Waals surface area (Å²) >= 11 is 0. The molecule has 110 valence electrons. The summed E-state index contributed by atoms with van der Waals surface area (Å²) in [7, 11) is 0. The molecule has 0 aliphatic rings. The lowest BCUT2D eigenvalue weighted by Gasteiger charge is -2.02. The summed E-state index contributed by atoms with van der Waals surface area (Å²) in [6.45, 7) is 4.49. The molecule has 0 fully saturated rings. The van der Waals surface area contributed by atoms with E-state index in [2.05, 4.69) is 50.2 Å². The molecule has 1 nitrogen and oxygen atoms in total. The van der Waals surface area contributed by atoms with Crippen LogP contribution in [-0.2, 0) is 12.8 Å². The van der Waals surface area contributed by atoms with Gasteiger partial charge in [-0.15, -0.1) is 0 Å². The molecule has 0 saturated heterocycles. The maximum absolute atomic E-state index is 6.31. The maximum Gasteiger partial charge on any atom is 0.142 e. The van der Waals surface area contributed by atoms with E-state index >= 15 is 0 Å². The molecule has 0 amide bonds. The van der Waals surface area contributed by atoms with Gasteiger partial charge in [0.2, 0.25) is 0 Å². The average Bonchev–Trinajstić information content (AvgIpc) is 2.88. The second-order valence-electron chi connectivity index (χ2n) is 5.87. The molecule has 0 unspecified atom stereocenters. The van der Waals surface area contributed by atoms with Gasteiger partial charge in [-0.05, 0) is 24.6 Å². The van der Waals surface area contributed by atoms with Crippen LogP contribution in [0.1, 0.15) is 50.9 Å². The molecule has 3 aromatic rings. The SMILES string of the molecule is CCCCc1oc2c(ccc3ccccc32)c1CCCC. The molecule has 21 heavy (non-hydrogen) atoms. The van der Waals surface area contributed by atoms with Gasteiger partial charge in [0.1, 0.15) is 11.3 Å². The topological polar surface area (TPSA) is 13.1 Å². The Morgan fingerprint density at radius 3 is 2.38 bits per heavy atom. The monoisotopic (exact) mass is 280 g/mol. The first-order valence-corrected chi connectivity index (χ1v) is 8.27. The van der Waals surface area contributed by atoms with E-state index in [9.17, 15) is 0 Å². The summed E-state index contributed by atoms with van der Waals surface area (Å²) in [4.78, 5) is 0. The summed E-state index contributed by atoms with van der Waals surface area (Å²) in [5.74, 6) is 1.22. The maximum atomic E-state index is 6.31. The fourth-order valence-electron chi connectivity index (χ4n) is 3.09. The van der Waals surface area contributed by atoms with E-state index in [1.165, 1.54) is 53.2 Å². The number of hydrogen-bond acceptors (Lipinski definition) is 1. The van der Waals surface area contributed by atoms with Crippen LogP contribution in [-0.4, -0.2) is 0 Å². The molecule has 0 spiro atoms. The van der Waals surface area contributed by atoms with Gasteiger partial charge < -0.3 is 4.42 Å². The van der Waals surface area contributed by atoms with Crippen molar-refractivity contribution in [2.45, 2.75) is 52.4 Å². The van der Waals surface area contributed by atoms with E-state index < -0.39 is 0 Å². The van der Waals surface area contributed by atoms with Crippen molar-refractivity contribution in [3.05, 3.63) is 47.7 Å². The first-order chi connectivity index (χ1) is 10.3. The van der Waals surface area contributed by atoms with Crippen molar-refractivity contribution in [3.8, 4) is 0 Å². The van der Waals surface area contributed by atoms with Crippen molar-refractivity contribution in [1.29, 1.82) is 0 Å². The highest BCUT2D eigenvalue weighted by Crippen LogP contribution is 2.33. The molecule has 2 aromatic carbocycles. The quantitative estimate of drug-likeness (QED) is 0.518. The van der Waals surface area contributed by atoms with Gasteiger partial charge in [-0.25, -0.2) is 0 Å². The molecule has 0 aliphatic heterocycles. The van der Waals surface area contributed by atoms with E-state index in [1.54, 1.807) is 0 Å². The summed E-state index contributed by atoms with van der Waals surface area (Å²) in [6.07, 6.45) is 7.09. The molecule has 1 heterocycles. The van der Waals surface area contributed by atoms with Crippen molar-refractivity contribution in [2.24, 2.45) is 0 Å². The fraction of sp³-hybridized carbons (Fsp3) is 0.400. The van der Waals surface area contributed by atoms with Crippen LogP contribution in [0, 0.1) is 0 Å². The van der Waals surface area contributed by atoms with E-state index in [1.807, 2.05) is 0 Å². The Morgan fingerprint density at radius 1 is 0.810 bits per heavy atom. The van der Waals surface area contributed by atoms with Gasteiger partial charge in [0, 0.05) is 22.8 Å². The molecule has 3 rings (SSSR count). The van der Waals surface area contributed by atoms with Gasteiger partial charge in [-0.1, -0.05) is 63.1 Å². The zero-order valence-electron chi connectivity index (χ0n) is 13.1. The Kier molecular flexibility index (Phi) is 4.28. The Bertz CT molecular complexity index is 736. The Morgan fingerprint density at radius 2 is 1.57 bits per heavy atom. The van der Waals surface area contributed by atoms with Gasteiger partial charge in [0.05, 0.1) is 0 Å². The molecule has 0 N–H and O–H groups in total. The van der Waals surface area contributed by atoms with E-state index in [0.29, 0.717) is 0 Å². The molecular weight excluding hydrogens is 256 g/mol. The second kappa shape index (κ2) is 6.34. The van der Waals surface area contributed by atoms with Crippen molar-refractivity contribution >= 4 is 21.7 Å². The van der Waals surface area contributed by atoms with Crippen LogP contribution in [0.2, 0.25) is 0 Å². The van der Waals surface area contributed by atoms with Gasteiger partial charge in [0.25, 0.3) is 0 Å². The molecular formula is C20H24O. The zero-order valence-corrected chi connectivity index (χ0v) is 13.1. The summed E-state index contributed by atoms with van der Waals surface area (Å²) in [6, 6.07) is 13.0. The smallest absolute Gasteiger partial charge is 0.142 e. The van der Waals surface area contributed by atoms with Crippen molar-refractivity contribution in [1.82, 2.24) is 0 Å². The predicted octanol–water partition coefficient (Wildman–Crippen LogP) is 6.27. The molecule has 1 heteroatoms. The third kappa shape index (κ3) is 2.70. The van der Waals surface area contributed by atoms with Gasteiger partial charge in [-0.2, -0.15) is 0 Å². The van der Waals surface area contributed by atoms with Crippen LogP contribution in [0.15, 0.2) is 40.8 Å². The van der Waals surface area contributed by atoms with Gasteiger partial charge in [0.15, 0.2) is 0 Å². The highest BCUT2D eigenvalue weighted by molar-refractivity contribution is 6.05. The molecule has 0 aliphatic carbocycles. The molecule has 0 saturated carbocycles. The van der Waals surface area contributed by atoms with Gasteiger partial charge in [-0.3, -0.25) is 0 Å². The van der Waals surface area contributed by atoms with Crippen molar-refractivity contribution < 1.29 is 4.42 Å². The predicted molar refractivity (Wildman–Crippen MR) is 90.9 cm³/mol. The number of rotatable bonds is 6. The minimum atomic E-state index is 1.07. The molecule has 0 radical (unpaired) electrons. The molecule has 0 atom stereocenters. The van der Waals surface area contributed by atoms with Crippen LogP contribution in [0.4, 0.5) is 0 Å². The van der Waals surface area contributed by atoms with E-state index in [4.69, 9.17) is 4.42 Å². The molecule has 1 aromatic heterocycles. The Labute approximate surface area is 127 Å². The number of hydrogen-bond donors (Lipinski definition) is 0. The summed E-state index contributed by atoms with van der Waals surface area (Å²) in [5.41, 5.74) is 2.54. The number of furan rings is 1. The van der Waals surface area contributed by atoms with Gasteiger partial charge >= 0.3 is 0 Å². The van der Waals surface area contributed by atoms with Crippen LogP contribution >= 0.6 is 0 Å². The number of aryl methyl sites for hydroxylation is 2. The van der Waals surface area contributed by atoms with Crippen LogP contribution in [0.5, 0.6) is 0 Å². The summed E-state index contributed by atoms with van der Waals surface area (Å²) in [5, 5.41) is 3.84. The number of fused-ring (bicyclic) bond motifs is 3. The average molecular weight is 280 g/mol. The van der Waals surface area contributed by atoms with Crippen LogP contribution in [0.25, 0.3) is 21.7 Å². The normalized spacial score (nSPS) is 11.5. The fourth-order valence-corrected chi connectivity index (χ4v) is 3.09. The Balaban J connectivity index is 2.16. The standard InChI is InChI=1S/C20H24O/c1-3-5-10-17-18-14-13-15-9-7-8-11-16(15)20(18)21-19(17)12-6-4-2/h7-9,11,13-14H,3-6,10,12H2,1-2H3. The lowest BCUT2D eigenvalue weighted by atomic mass is 10.00. The van der Waals surface area contributed by atoms with E-state index in [-0.39, 0.29) is 0 Å². The largest absolute Gasteiger partial charge is 0.460 e. The first-order valence-electron chi connectivity index (χ1n) is 8.27. The third-order valence-electron chi connectivity index (χ3n) is 4.30. The Hall–Kier alpha value is -1.76. The van der Waals surface area contributed by atoms with E-state index in [0.717, 1.165) is 18.4 Å². The number of benzene rings is 2. The lowest BCUT2D eigenvalue weighted by Crippen LogP contribution is -1.90. The minimum absolute atomic E-state index is 1.07. The van der Waals surface area contributed by atoms with Crippen LogP contribution < -0.4 is 0 Å². The van der Waals surface area contributed by atoms with Crippen molar-refractivity contribution in [3.63, 3.8) is 0 Å². The highest BCUT2D eigenvalue weighted by Gasteiger charge is 2.15. The summed E-state index contributed by atoms with van der Waals surface area (Å²) < 4.78 is 6.31. The molecule has 0 bridgehead atoms. The minimum Gasteiger partial charge on any atom is -0.460 e. The first kappa shape index (κ1) is 14.2. The highest BCUT2D eigenvalue weighted by atomic mass is 16.3. The number of unbranched alkanes of at least 4 members (excludes halogenated alkanes) is 2. The second-order valence-corrected chi connectivity index (χ2v) is 5.87.